The minimum Gasteiger partial charge on any atom is -0.384 e. The van der Waals surface area contributed by atoms with Crippen LogP contribution >= 0.6 is 15.9 Å². The van der Waals surface area contributed by atoms with E-state index in [1.54, 1.807) is 7.11 Å². The monoisotopic (exact) mass is 326 g/mol. The molecule has 0 spiro atoms. The van der Waals surface area contributed by atoms with Crippen molar-refractivity contribution >= 4 is 21.6 Å². The molecular formula is C15H23BrN2O. The van der Waals surface area contributed by atoms with E-state index < -0.39 is 0 Å². The quantitative estimate of drug-likeness (QED) is 0.904. The third-order valence-corrected chi connectivity index (χ3v) is 4.21. The molecule has 3 nitrogen and oxygen atoms in total. The molecule has 106 valence electrons. The van der Waals surface area contributed by atoms with E-state index >= 15 is 0 Å². The van der Waals surface area contributed by atoms with E-state index in [2.05, 4.69) is 39.0 Å². The fourth-order valence-electron chi connectivity index (χ4n) is 2.87. The number of anilines is 1. The Balaban J connectivity index is 2.15. The van der Waals surface area contributed by atoms with Gasteiger partial charge in [-0.05, 0) is 55.5 Å². The molecule has 2 N–H and O–H groups in total. The summed E-state index contributed by atoms with van der Waals surface area (Å²) in [4.78, 5) is 2.49. The van der Waals surface area contributed by atoms with Gasteiger partial charge in [-0.1, -0.05) is 15.9 Å². The Bertz CT molecular complexity index is 409. The molecule has 0 radical (unpaired) electrons. The van der Waals surface area contributed by atoms with Crippen LogP contribution in [0.15, 0.2) is 22.7 Å². The molecule has 19 heavy (non-hydrogen) atoms. The lowest BCUT2D eigenvalue weighted by Crippen LogP contribution is -2.37. The van der Waals surface area contributed by atoms with Gasteiger partial charge in [0, 0.05) is 30.4 Å². The predicted octanol–water partition coefficient (Wildman–Crippen LogP) is 2.81. The maximum Gasteiger partial charge on any atom is 0.0507 e. The zero-order valence-electron chi connectivity index (χ0n) is 11.6. The molecule has 1 heterocycles. The smallest absolute Gasteiger partial charge is 0.0507 e. The number of methoxy groups -OCH3 is 1. The number of hydrogen-bond acceptors (Lipinski definition) is 3. The molecule has 4 heteroatoms. The molecule has 1 aliphatic rings. The highest BCUT2D eigenvalue weighted by molar-refractivity contribution is 9.10. The maximum atomic E-state index is 5.73. The zero-order chi connectivity index (χ0) is 13.7. The second kappa shape index (κ2) is 7.27. The van der Waals surface area contributed by atoms with E-state index in [-0.39, 0.29) is 0 Å². The molecule has 1 unspecified atom stereocenters. The minimum absolute atomic E-state index is 0.646. The van der Waals surface area contributed by atoms with Gasteiger partial charge in [-0.25, -0.2) is 0 Å². The maximum absolute atomic E-state index is 5.73. The van der Waals surface area contributed by atoms with Crippen molar-refractivity contribution < 1.29 is 4.74 Å². The highest BCUT2D eigenvalue weighted by Gasteiger charge is 2.21. The summed E-state index contributed by atoms with van der Waals surface area (Å²) in [6.45, 7) is 3.78. The van der Waals surface area contributed by atoms with Crippen LogP contribution in [0, 0.1) is 5.92 Å². The molecule has 1 saturated heterocycles. The SMILES string of the molecule is COCC1CCCN(c2ccc(Br)cc2CCN)C1. The van der Waals surface area contributed by atoms with Gasteiger partial charge in [0.15, 0.2) is 0 Å². The number of hydrogen-bond donors (Lipinski definition) is 1. The summed E-state index contributed by atoms with van der Waals surface area (Å²) < 4.78 is 6.44. The van der Waals surface area contributed by atoms with Gasteiger partial charge < -0.3 is 15.4 Å². The van der Waals surface area contributed by atoms with Crippen molar-refractivity contribution in [1.82, 2.24) is 0 Å². The largest absolute Gasteiger partial charge is 0.384 e. The first-order valence-electron chi connectivity index (χ1n) is 6.97. The van der Waals surface area contributed by atoms with E-state index in [0.717, 1.165) is 30.6 Å². The van der Waals surface area contributed by atoms with E-state index in [4.69, 9.17) is 10.5 Å². The van der Waals surface area contributed by atoms with Crippen LogP contribution in [-0.4, -0.2) is 33.4 Å². The molecular weight excluding hydrogens is 304 g/mol. The van der Waals surface area contributed by atoms with Crippen LogP contribution in [0.25, 0.3) is 0 Å². The first-order chi connectivity index (χ1) is 9.24. The van der Waals surface area contributed by atoms with Crippen molar-refractivity contribution in [3.63, 3.8) is 0 Å². The van der Waals surface area contributed by atoms with Crippen molar-refractivity contribution in [3.05, 3.63) is 28.2 Å². The molecule has 1 aromatic carbocycles. The number of benzene rings is 1. The predicted molar refractivity (Wildman–Crippen MR) is 83.7 cm³/mol. The van der Waals surface area contributed by atoms with Gasteiger partial charge in [-0.3, -0.25) is 0 Å². The van der Waals surface area contributed by atoms with Crippen LogP contribution in [0.1, 0.15) is 18.4 Å². The van der Waals surface area contributed by atoms with Crippen LogP contribution in [-0.2, 0) is 11.2 Å². The highest BCUT2D eigenvalue weighted by atomic mass is 79.9. The number of ether oxygens (including phenoxy) is 1. The van der Waals surface area contributed by atoms with E-state index in [1.165, 1.54) is 24.1 Å². The van der Waals surface area contributed by atoms with Crippen LogP contribution in [0.3, 0.4) is 0 Å². The fraction of sp³-hybridized carbons (Fsp3) is 0.600. The summed E-state index contributed by atoms with van der Waals surface area (Å²) in [5.41, 5.74) is 8.41. The summed E-state index contributed by atoms with van der Waals surface area (Å²) in [6.07, 6.45) is 3.44. The lowest BCUT2D eigenvalue weighted by atomic mass is 9.97. The van der Waals surface area contributed by atoms with Gasteiger partial charge >= 0.3 is 0 Å². The third kappa shape index (κ3) is 3.94. The summed E-state index contributed by atoms with van der Waals surface area (Å²) in [5, 5.41) is 0. The number of piperidine rings is 1. The van der Waals surface area contributed by atoms with Crippen LogP contribution in [0.4, 0.5) is 5.69 Å². The van der Waals surface area contributed by atoms with Crippen LogP contribution in [0.2, 0.25) is 0 Å². The Morgan fingerprint density at radius 3 is 3.05 bits per heavy atom. The third-order valence-electron chi connectivity index (χ3n) is 3.72. The molecule has 1 aliphatic heterocycles. The molecule has 1 atom stereocenters. The molecule has 0 aromatic heterocycles. The fourth-order valence-corrected chi connectivity index (χ4v) is 3.28. The standard InChI is InChI=1S/C15H23BrN2O/c1-19-11-12-3-2-8-18(10-12)15-5-4-14(16)9-13(15)6-7-17/h4-5,9,12H,2-3,6-8,10-11,17H2,1H3. The number of rotatable bonds is 5. The van der Waals surface area contributed by atoms with E-state index in [1.807, 2.05) is 0 Å². The van der Waals surface area contributed by atoms with Gasteiger partial charge in [-0.2, -0.15) is 0 Å². The lowest BCUT2D eigenvalue weighted by Gasteiger charge is -2.35. The Hall–Kier alpha value is -0.580. The second-order valence-corrected chi connectivity index (χ2v) is 6.14. The molecule has 2 rings (SSSR count). The minimum atomic E-state index is 0.646. The summed E-state index contributed by atoms with van der Waals surface area (Å²) >= 11 is 3.55. The first-order valence-corrected chi connectivity index (χ1v) is 7.76. The summed E-state index contributed by atoms with van der Waals surface area (Å²) in [7, 11) is 1.79. The zero-order valence-corrected chi connectivity index (χ0v) is 13.2. The van der Waals surface area contributed by atoms with Crippen molar-refractivity contribution in [1.29, 1.82) is 0 Å². The summed E-state index contributed by atoms with van der Waals surface area (Å²) in [6, 6.07) is 6.53. The second-order valence-electron chi connectivity index (χ2n) is 5.22. The van der Waals surface area contributed by atoms with Gasteiger partial charge in [0.2, 0.25) is 0 Å². The Kier molecular flexibility index (Phi) is 5.67. The van der Waals surface area contributed by atoms with Crippen molar-refractivity contribution in [2.45, 2.75) is 19.3 Å². The molecule has 0 aliphatic carbocycles. The average Bonchev–Trinajstić information content (AvgIpc) is 2.40. The topological polar surface area (TPSA) is 38.5 Å². The lowest BCUT2D eigenvalue weighted by molar-refractivity contribution is 0.143. The van der Waals surface area contributed by atoms with Gasteiger partial charge in [-0.15, -0.1) is 0 Å². The first kappa shape index (κ1) is 14.8. The van der Waals surface area contributed by atoms with Gasteiger partial charge in [0.05, 0.1) is 6.61 Å². The van der Waals surface area contributed by atoms with E-state index in [0.29, 0.717) is 12.5 Å². The summed E-state index contributed by atoms with van der Waals surface area (Å²) in [5.74, 6) is 0.646. The highest BCUT2D eigenvalue weighted by Crippen LogP contribution is 2.29. The normalized spacial score (nSPS) is 19.7. The molecule has 0 amide bonds. The molecule has 1 aromatic rings. The van der Waals surface area contributed by atoms with Gasteiger partial charge in [0.25, 0.3) is 0 Å². The number of nitrogens with two attached hydrogens (primary N) is 1. The number of nitrogens with zero attached hydrogens (tertiary/aromatic N) is 1. The van der Waals surface area contributed by atoms with Crippen molar-refractivity contribution in [3.8, 4) is 0 Å². The Morgan fingerprint density at radius 2 is 2.32 bits per heavy atom. The van der Waals surface area contributed by atoms with E-state index in [9.17, 15) is 0 Å². The molecule has 0 saturated carbocycles. The molecule has 1 fully saturated rings. The Morgan fingerprint density at radius 1 is 1.47 bits per heavy atom. The van der Waals surface area contributed by atoms with Crippen LogP contribution in [0.5, 0.6) is 0 Å². The molecule has 0 bridgehead atoms. The number of halogens is 1. The average molecular weight is 327 g/mol. The van der Waals surface area contributed by atoms with Crippen molar-refractivity contribution in [2.75, 3.05) is 38.3 Å². The Labute approximate surface area is 124 Å². The van der Waals surface area contributed by atoms with Crippen LogP contribution < -0.4 is 10.6 Å². The van der Waals surface area contributed by atoms with Gasteiger partial charge in [0.1, 0.15) is 0 Å². The van der Waals surface area contributed by atoms with Crippen molar-refractivity contribution in [2.24, 2.45) is 11.7 Å².